The molecule has 0 radical (unpaired) electrons. The molecule has 112 valence electrons. The Kier molecular flexibility index (Phi) is 3.46. The molecular weight excluding hydrogens is 314 g/mol. The van der Waals surface area contributed by atoms with Gasteiger partial charge in [-0.3, -0.25) is 0 Å². The summed E-state index contributed by atoms with van der Waals surface area (Å²) in [6.45, 7) is 2.08. The van der Waals surface area contributed by atoms with Gasteiger partial charge in [0.2, 0.25) is 0 Å². The van der Waals surface area contributed by atoms with Gasteiger partial charge in [-0.25, -0.2) is 4.98 Å². The van der Waals surface area contributed by atoms with Gasteiger partial charge in [-0.05, 0) is 43.1 Å². The van der Waals surface area contributed by atoms with Crippen LogP contribution in [0, 0.1) is 6.92 Å². The van der Waals surface area contributed by atoms with E-state index in [1.807, 2.05) is 11.6 Å². The minimum absolute atomic E-state index is 0.591. The SMILES string of the molecule is Cc1ccc(-c2nnc(Sc3nc(C4CC4)ns3)n2C)cc1. The Morgan fingerprint density at radius 3 is 2.68 bits per heavy atom. The fourth-order valence-electron chi connectivity index (χ4n) is 2.20. The van der Waals surface area contributed by atoms with Crippen molar-refractivity contribution in [3.63, 3.8) is 0 Å². The van der Waals surface area contributed by atoms with Crippen molar-refractivity contribution in [2.24, 2.45) is 7.05 Å². The number of nitrogens with zero attached hydrogens (tertiary/aromatic N) is 5. The van der Waals surface area contributed by atoms with Gasteiger partial charge in [-0.15, -0.1) is 10.2 Å². The summed E-state index contributed by atoms with van der Waals surface area (Å²) in [5.74, 6) is 2.45. The van der Waals surface area contributed by atoms with Crippen LogP contribution >= 0.6 is 23.3 Å². The van der Waals surface area contributed by atoms with Crippen molar-refractivity contribution >= 4 is 23.3 Å². The number of aromatic nitrogens is 5. The highest BCUT2D eigenvalue weighted by Gasteiger charge is 2.28. The van der Waals surface area contributed by atoms with E-state index in [9.17, 15) is 0 Å². The average Bonchev–Trinajstić information content (AvgIpc) is 3.17. The van der Waals surface area contributed by atoms with E-state index in [-0.39, 0.29) is 0 Å². The summed E-state index contributed by atoms with van der Waals surface area (Å²) < 4.78 is 7.38. The Hall–Kier alpha value is -1.73. The minimum Gasteiger partial charge on any atom is -0.305 e. The van der Waals surface area contributed by atoms with Crippen LogP contribution in [0.3, 0.4) is 0 Å². The van der Waals surface area contributed by atoms with Crippen molar-refractivity contribution in [3.8, 4) is 11.4 Å². The zero-order valence-corrected chi connectivity index (χ0v) is 14.0. The standard InChI is InChI=1S/C15H15N5S2/c1-9-3-5-11(6-4-9)13-17-18-14(20(13)2)21-15-16-12(19-22-15)10-7-8-10/h3-6,10H,7-8H2,1-2H3. The number of aryl methyl sites for hydroxylation is 1. The minimum atomic E-state index is 0.591. The van der Waals surface area contributed by atoms with Gasteiger partial charge in [0, 0.05) is 18.5 Å². The smallest absolute Gasteiger partial charge is 0.198 e. The van der Waals surface area contributed by atoms with Crippen LogP contribution in [-0.4, -0.2) is 24.1 Å². The Labute approximate surface area is 137 Å². The molecule has 2 aromatic heterocycles. The summed E-state index contributed by atoms with van der Waals surface area (Å²) in [7, 11) is 1.99. The molecule has 7 heteroatoms. The van der Waals surface area contributed by atoms with Gasteiger partial charge >= 0.3 is 0 Å². The predicted octanol–water partition coefficient (Wildman–Crippen LogP) is 3.67. The molecule has 1 saturated carbocycles. The molecule has 0 atom stereocenters. The number of benzene rings is 1. The highest BCUT2D eigenvalue weighted by atomic mass is 32.2. The molecule has 3 aromatic rings. The third-order valence-electron chi connectivity index (χ3n) is 3.69. The van der Waals surface area contributed by atoms with Crippen LogP contribution in [0.5, 0.6) is 0 Å². The highest BCUT2D eigenvalue weighted by molar-refractivity contribution is 8.00. The van der Waals surface area contributed by atoms with Crippen LogP contribution < -0.4 is 0 Å². The zero-order valence-electron chi connectivity index (χ0n) is 12.4. The maximum Gasteiger partial charge on any atom is 0.198 e. The summed E-state index contributed by atoms with van der Waals surface area (Å²) >= 11 is 2.98. The van der Waals surface area contributed by atoms with Crippen molar-refractivity contribution in [1.29, 1.82) is 0 Å². The van der Waals surface area contributed by atoms with Crippen molar-refractivity contribution in [1.82, 2.24) is 24.1 Å². The summed E-state index contributed by atoms with van der Waals surface area (Å²) in [6, 6.07) is 8.32. The number of hydrogen-bond donors (Lipinski definition) is 0. The van der Waals surface area contributed by atoms with E-state index >= 15 is 0 Å². The van der Waals surface area contributed by atoms with Crippen molar-refractivity contribution in [3.05, 3.63) is 35.7 Å². The number of hydrogen-bond acceptors (Lipinski definition) is 6. The van der Waals surface area contributed by atoms with E-state index in [0.29, 0.717) is 5.92 Å². The molecule has 1 aliphatic carbocycles. The monoisotopic (exact) mass is 329 g/mol. The maximum atomic E-state index is 4.59. The second-order valence-electron chi connectivity index (χ2n) is 5.53. The average molecular weight is 329 g/mol. The third kappa shape index (κ3) is 2.66. The molecule has 0 saturated heterocycles. The molecule has 1 fully saturated rings. The first-order chi connectivity index (χ1) is 10.7. The second kappa shape index (κ2) is 5.48. The quantitative estimate of drug-likeness (QED) is 0.731. The third-order valence-corrected chi connectivity index (χ3v) is 5.49. The largest absolute Gasteiger partial charge is 0.305 e. The molecule has 0 amide bonds. The molecule has 2 heterocycles. The summed E-state index contributed by atoms with van der Waals surface area (Å²) in [4.78, 5) is 4.59. The van der Waals surface area contributed by atoms with Gasteiger partial charge in [0.15, 0.2) is 15.3 Å². The van der Waals surface area contributed by atoms with E-state index < -0.39 is 0 Å². The van der Waals surface area contributed by atoms with E-state index in [0.717, 1.165) is 26.7 Å². The van der Waals surface area contributed by atoms with Crippen LogP contribution in [0.4, 0.5) is 0 Å². The molecule has 1 aromatic carbocycles. The van der Waals surface area contributed by atoms with Gasteiger partial charge in [-0.2, -0.15) is 4.37 Å². The van der Waals surface area contributed by atoms with Gasteiger partial charge < -0.3 is 4.57 Å². The first kappa shape index (κ1) is 13.9. The van der Waals surface area contributed by atoms with E-state index in [2.05, 4.69) is 50.7 Å². The first-order valence-electron chi connectivity index (χ1n) is 7.18. The Morgan fingerprint density at radius 2 is 1.95 bits per heavy atom. The molecule has 0 unspecified atom stereocenters. The van der Waals surface area contributed by atoms with Gasteiger partial charge in [-0.1, -0.05) is 29.8 Å². The lowest BCUT2D eigenvalue weighted by atomic mass is 10.1. The summed E-state index contributed by atoms with van der Waals surface area (Å²) in [6.07, 6.45) is 2.45. The number of rotatable bonds is 4. The zero-order chi connectivity index (χ0) is 15.1. The van der Waals surface area contributed by atoms with Gasteiger partial charge in [0.1, 0.15) is 5.82 Å². The molecule has 0 N–H and O–H groups in total. The molecular formula is C15H15N5S2. The normalized spacial score (nSPS) is 14.5. The van der Waals surface area contributed by atoms with Crippen LogP contribution in [0.25, 0.3) is 11.4 Å². The topological polar surface area (TPSA) is 56.5 Å². The lowest BCUT2D eigenvalue weighted by Gasteiger charge is -2.02. The summed E-state index contributed by atoms with van der Waals surface area (Å²) in [5.41, 5.74) is 2.31. The van der Waals surface area contributed by atoms with Gasteiger partial charge in [0.05, 0.1) is 0 Å². The lowest BCUT2D eigenvalue weighted by molar-refractivity contribution is 0.793. The van der Waals surface area contributed by atoms with Crippen molar-refractivity contribution < 1.29 is 0 Å². The lowest BCUT2D eigenvalue weighted by Crippen LogP contribution is -1.94. The van der Waals surface area contributed by atoms with Crippen molar-refractivity contribution in [2.45, 2.75) is 35.2 Å². The molecule has 0 aliphatic heterocycles. The Morgan fingerprint density at radius 1 is 1.18 bits per heavy atom. The van der Waals surface area contributed by atoms with Crippen LogP contribution in [0.15, 0.2) is 33.8 Å². The molecule has 1 aliphatic rings. The summed E-state index contributed by atoms with van der Waals surface area (Å²) in [5, 5.41) is 9.45. The second-order valence-corrected chi connectivity index (χ2v) is 7.49. The highest BCUT2D eigenvalue weighted by Crippen LogP contribution is 2.40. The fraction of sp³-hybridized carbons (Fsp3) is 0.333. The van der Waals surface area contributed by atoms with E-state index in [1.54, 1.807) is 0 Å². The fourth-order valence-corrected chi connectivity index (χ4v) is 3.79. The Bertz CT molecular complexity index is 802. The molecule has 0 spiro atoms. The van der Waals surface area contributed by atoms with E-state index in [1.165, 1.54) is 41.7 Å². The van der Waals surface area contributed by atoms with Crippen LogP contribution in [0.2, 0.25) is 0 Å². The first-order valence-corrected chi connectivity index (χ1v) is 8.77. The van der Waals surface area contributed by atoms with Gasteiger partial charge in [0.25, 0.3) is 0 Å². The Balaban J connectivity index is 1.58. The molecule has 5 nitrogen and oxygen atoms in total. The van der Waals surface area contributed by atoms with Crippen molar-refractivity contribution in [2.75, 3.05) is 0 Å². The molecule has 4 rings (SSSR count). The van der Waals surface area contributed by atoms with Crippen LogP contribution in [0.1, 0.15) is 30.1 Å². The molecule has 22 heavy (non-hydrogen) atoms. The maximum absolute atomic E-state index is 4.59. The molecule has 0 bridgehead atoms. The predicted molar refractivity (Wildman–Crippen MR) is 87.2 cm³/mol. The van der Waals surface area contributed by atoms with E-state index in [4.69, 9.17) is 0 Å². The van der Waals surface area contributed by atoms with Crippen LogP contribution in [-0.2, 0) is 7.05 Å².